The first-order chi connectivity index (χ1) is 11.5. The van der Waals surface area contributed by atoms with Crippen molar-refractivity contribution < 1.29 is 18.0 Å². The predicted molar refractivity (Wildman–Crippen MR) is 87.3 cm³/mol. The predicted octanol–water partition coefficient (Wildman–Crippen LogP) is 4.20. The van der Waals surface area contributed by atoms with E-state index in [0.29, 0.717) is 18.7 Å². The minimum Gasteiger partial charge on any atom is -0.441 e. The highest BCUT2D eigenvalue weighted by Gasteiger charge is 2.15. The zero-order valence-corrected chi connectivity index (χ0v) is 14.0. The zero-order chi connectivity index (χ0) is 17.5. The molecule has 0 bridgehead atoms. The largest absolute Gasteiger partial charge is 0.441 e. The standard InChI is InChI=1S/C18H22F2N2O2/c1-3-9-22(10-4-2)18(23)8-7-17-21-12-16(24-17)14-6-5-13(19)11-15(14)20/h5-6,11-12H,3-4,7-10H2,1-2H3. The van der Waals surface area contributed by atoms with Crippen LogP contribution in [0.1, 0.15) is 39.0 Å². The van der Waals surface area contributed by atoms with E-state index in [1.165, 1.54) is 12.3 Å². The number of hydrogen-bond acceptors (Lipinski definition) is 3. The van der Waals surface area contributed by atoms with Gasteiger partial charge in [0, 0.05) is 32.0 Å². The van der Waals surface area contributed by atoms with Crippen LogP contribution in [0, 0.1) is 11.6 Å². The molecule has 0 unspecified atom stereocenters. The van der Waals surface area contributed by atoms with Crippen LogP contribution in [-0.4, -0.2) is 28.9 Å². The number of benzene rings is 1. The fraction of sp³-hybridized carbons (Fsp3) is 0.444. The molecule has 1 amide bonds. The number of nitrogens with zero attached hydrogens (tertiary/aromatic N) is 2. The van der Waals surface area contributed by atoms with Gasteiger partial charge in [0.05, 0.1) is 11.8 Å². The average molecular weight is 336 g/mol. The van der Waals surface area contributed by atoms with Gasteiger partial charge in [-0.2, -0.15) is 0 Å². The van der Waals surface area contributed by atoms with Crippen LogP contribution >= 0.6 is 0 Å². The molecular weight excluding hydrogens is 314 g/mol. The van der Waals surface area contributed by atoms with Crippen molar-refractivity contribution in [3.63, 3.8) is 0 Å². The number of aromatic nitrogens is 1. The van der Waals surface area contributed by atoms with Gasteiger partial charge in [0.2, 0.25) is 5.91 Å². The van der Waals surface area contributed by atoms with E-state index in [4.69, 9.17) is 4.42 Å². The highest BCUT2D eigenvalue weighted by molar-refractivity contribution is 5.76. The normalized spacial score (nSPS) is 10.8. The lowest BCUT2D eigenvalue weighted by molar-refractivity contribution is -0.131. The van der Waals surface area contributed by atoms with Gasteiger partial charge in [0.25, 0.3) is 0 Å². The van der Waals surface area contributed by atoms with Crippen molar-refractivity contribution >= 4 is 5.91 Å². The Hall–Kier alpha value is -2.24. The summed E-state index contributed by atoms with van der Waals surface area (Å²) in [4.78, 5) is 18.1. The van der Waals surface area contributed by atoms with Gasteiger partial charge in [0.15, 0.2) is 11.7 Å². The molecule has 130 valence electrons. The molecule has 0 fully saturated rings. The molecule has 0 aliphatic rings. The molecule has 0 saturated carbocycles. The van der Waals surface area contributed by atoms with Gasteiger partial charge in [-0.05, 0) is 25.0 Å². The number of carbonyl (C=O) groups is 1. The summed E-state index contributed by atoms with van der Waals surface area (Å²) in [6.07, 6.45) is 3.88. The summed E-state index contributed by atoms with van der Waals surface area (Å²) in [7, 11) is 0. The Labute approximate surface area is 140 Å². The second-order valence-electron chi connectivity index (χ2n) is 5.62. The van der Waals surface area contributed by atoms with Gasteiger partial charge in [-0.3, -0.25) is 4.79 Å². The lowest BCUT2D eigenvalue weighted by atomic mass is 10.2. The molecule has 2 aromatic rings. The van der Waals surface area contributed by atoms with Gasteiger partial charge in [-0.15, -0.1) is 0 Å². The van der Waals surface area contributed by atoms with Gasteiger partial charge in [-0.1, -0.05) is 13.8 Å². The Bertz CT molecular complexity index is 679. The molecule has 1 heterocycles. The monoisotopic (exact) mass is 336 g/mol. The fourth-order valence-corrected chi connectivity index (χ4v) is 2.51. The third-order valence-electron chi connectivity index (χ3n) is 3.64. The van der Waals surface area contributed by atoms with E-state index in [1.807, 2.05) is 18.7 Å². The highest BCUT2D eigenvalue weighted by atomic mass is 19.1. The van der Waals surface area contributed by atoms with E-state index in [9.17, 15) is 13.6 Å². The molecule has 0 spiro atoms. The third-order valence-corrected chi connectivity index (χ3v) is 3.64. The van der Waals surface area contributed by atoms with Crippen LogP contribution < -0.4 is 0 Å². The second kappa shape index (κ2) is 8.57. The first kappa shape index (κ1) is 18.1. The number of rotatable bonds is 8. The van der Waals surface area contributed by atoms with E-state index in [0.717, 1.165) is 38.1 Å². The Morgan fingerprint density at radius 1 is 1.21 bits per heavy atom. The lowest BCUT2D eigenvalue weighted by Gasteiger charge is -2.21. The first-order valence-corrected chi connectivity index (χ1v) is 8.23. The lowest BCUT2D eigenvalue weighted by Crippen LogP contribution is -2.32. The summed E-state index contributed by atoms with van der Waals surface area (Å²) in [6, 6.07) is 3.27. The molecular formula is C18H22F2N2O2. The molecule has 24 heavy (non-hydrogen) atoms. The first-order valence-electron chi connectivity index (χ1n) is 8.23. The maximum atomic E-state index is 13.7. The van der Waals surface area contributed by atoms with E-state index >= 15 is 0 Å². The topological polar surface area (TPSA) is 46.3 Å². The van der Waals surface area contributed by atoms with Gasteiger partial charge in [-0.25, -0.2) is 13.8 Å². The van der Waals surface area contributed by atoms with Crippen molar-refractivity contribution in [3.8, 4) is 11.3 Å². The zero-order valence-electron chi connectivity index (χ0n) is 14.0. The fourth-order valence-electron chi connectivity index (χ4n) is 2.51. The molecule has 1 aromatic carbocycles. The Morgan fingerprint density at radius 2 is 1.92 bits per heavy atom. The number of hydrogen-bond donors (Lipinski definition) is 0. The van der Waals surface area contributed by atoms with E-state index in [1.54, 1.807) is 0 Å². The van der Waals surface area contributed by atoms with Crippen molar-refractivity contribution in [1.82, 2.24) is 9.88 Å². The van der Waals surface area contributed by atoms with Crippen LogP contribution in [0.3, 0.4) is 0 Å². The van der Waals surface area contributed by atoms with Crippen molar-refractivity contribution in [1.29, 1.82) is 0 Å². The van der Waals surface area contributed by atoms with Crippen molar-refractivity contribution in [2.45, 2.75) is 39.5 Å². The van der Waals surface area contributed by atoms with E-state index < -0.39 is 11.6 Å². The minimum absolute atomic E-state index is 0.0615. The smallest absolute Gasteiger partial charge is 0.223 e. The summed E-state index contributed by atoms with van der Waals surface area (Å²) in [5, 5.41) is 0. The molecule has 1 aromatic heterocycles. The van der Waals surface area contributed by atoms with Crippen molar-refractivity contribution in [2.75, 3.05) is 13.1 Å². The van der Waals surface area contributed by atoms with Crippen molar-refractivity contribution in [2.24, 2.45) is 0 Å². The molecule has 2 rings (SSSR count). The summed E-state index contributed by atoms with van der Waals surface area (Å²) in [5.41, 5.74) is 0.153. The summed E-state index contributed by atoms with van der Waals surface area (Å²) >= 11 is 0. The molecule has 0 atom stereocenters. The molecule has 0 radical (unpaired) electrons. The third kappa shape index (κ3) is 4.63. The Morgan fingerprint density at radius 3 is 2.54 bits per heavy atom. The summed E-state index contributed by atoms with van der Waals surface area (Å²) < 4.78 is 32.2. The molecule has 0 aliphatic heterocycles. The van der Waals surface area contributed by atoms with E-state index in [-0.39, 0.29) is 17.2 Å². The Balaban J connectivity index is 1.99. The summed E-state index contributed by atoms with van der Waals surface area (Å²) in [5.74, 6) is -0.685. The highest BCUT2D eigenvalue weighted by Crippen LogP contribution is 2.24. The molecule has 0 saturated heterocycles. The number of halogens is 2. The van der Waals surface area contributed by atoms with Gasteiger partial charge < -0.3 is 9.32 Å². The van der Waals surface area contributed by atoms with Crippen molar-refractivity contribution in [3.05, 3.63) is 41.9 Å². The average Bonchev–Trinajstić information content (AvgIpc) is 3.01. The maximum absolute atomic E-state index is 13.7. The number of aryl methyl sites for hydroxylation is 1. The maximum Gasteiger partial charge on any atom is 0.223 e. The van der Waals surface area contributed by atoms with Gasteiger partial charge >= 0.3 is 0 Å². The van der Waals surface area contributed by atoms with Crippen LogP contribution in [-0.2, 0) is 11.2 Å². The summed E-state index contributed by atoms with van der Waals surface area (Å²) in [6.45, 7) is 5.55. The molecule has 6 heteroatoms. The number of oxazole rings is 1. The number of carbonyl (C=O) groups excluding carboxylic acids is 1. The van der Waals surface area contributed by atoms with Crippen LogP contribution in [0.5, 0.6) is 0 Å². The quantitative estimate of drug-likeness (QED) is 0.726. The van der Waals surface area contributed by atoms with Crippen LogP contribution in [0.25, 0.3) is 11.3 Å². The molecule has 0 aliphatic carbocycles. The minimum atomic E-state index is -0.703. The SMILES string of the molecule is CCCN(CCC)C(=O)CCc1ncc(-c2ccc(F)cc2F)o1. The van der Waals surface area contributed by atoms with Crippen LogP contribution in [0.2, 0.25) is 0 Å². The second-order valence-corrected chi connectivity index (χ2v) is 5.62. The molecule has 4 nitrogen and oxygen atoms in total. The molecule has 0 N–H and O–H groups in total. The van der Waals surface area contributed by atoms with Gasteiger partial charge in [0.1, 0.15) is 11.6 Å². The van der Waals surface area contributed by atoms with Crippen LogP contribution in [0.4, 0.5) is 8.78 Å². The van der Waals surface area contributed by atoms with Crippen LogP contribution in [0.15, 0.2) is 28.8 Å². The van der Waals surface area contributed by atoms with E-state index in [2.05, 4.69) is 4.98 Å². The number of amides is 1. The Kier molecular flexibility index (Phi) is 6.46.